The van der Waals surface area contributed by atoms with E-state index in [0.717, 1.165) is 4.90 Å². The second-order valence-corrected chi connectivity index (χ2v) is 4.52. The fourth-order valence-electron chi connectivity index (χ4n) is 0.828. The number of rotatable bonds is 1. The van der Waals surface area contributed by atoms with Gasteiger partial charge in [-0.1, -0.05) is 16.7 Å². The molecule has 15 heavy (non-hydrogen) atoms. The van der Waals surface area contributed by atoms with E-state index in [4.69, 9.17) is 5.26 Å². The van der Waals surface area contributed by atoms with Gasteiger partial charge < -0.3 is 50.4 Å². The third-order valence-electron chi connectivity index (χ3n) is 1.42. The maximum atomic E-state index is 8.15. The molecule has 0 fully saturated rings. The molecule has 0 spiro atoms. The van der Waals surface area contributed by atoms with E-state index in [1.165, 1.54) is 15.3 Å². The summed E-state index contributed by atoms with van der Waals surface area (Å²) in [6.07, 6.45) is 0. The number of nitrogens with zero attached hydrogens (tertiary/aromatic N) is 1. The van der Waals surface area contributed by atoms with Crippen LogP contribution in [0.2, 0.25) is 0 Å². The number of hydrogen-bond donors (Lipinski definition) is 0. The van der Waals surface area contributed by atoms with Crippen LogP contribution in [0.3, 0.4) is 0 Å². The van der Waals surface area contributed by atoms with Crippen molar-refractivity contribution in [1.29, 1.82) is 5.26 Å². The Hall–Kier alpha value is -0.107. The SMILES string of the molecule is I[c-]1[cH-][cH-][cH-][cH-]1.N#CS[c-]1cccc1.[Ru]. The van der Waals surface area contributed by atoms with E-state index in [1.807, 2.05) is 41.8 Å². The predicted molar refractivity (Wildman–Crippen MR) is 68.3 cm³/mol. The minimum Gasteiger partial charge on any atom is -0.747 e. The molecule has 4 heteroatoms. The van der Waals surface area contributed by atoms with Crippen LogP contribution in [0.15, 0.2) is 53.4 Å². The standard InChI is InChI=1S/C6H4NS.C5H4I.Ru/c7-5-8-6-3-1-2-4-6;6-5-3-1-2-4-5;/h1-4H;1-4H;/q-1;-5;. The van der Waals surface area contributed by atoms with Crippen LogP contribution in [0.1, 0.15) is 0 Å². The van der Waals surface area contributed by atoms with Crippen molar-refractivity contribution < 1.29 is 19.5 Å². The minimum atomic E-state index is 0. The fourth-order valence-corrected chi connectivity index (χ4v) is 1.64. The van der Waals surface area contributed by atoms with Gasteiger partial charge in [0.25, 0.3) is 0 Å². The van der Waals surface area contributed by atoms with Gasteiger partial charge in [0.2, 0.25) is 0 Å². The molecule has 0 aliphatic heterocycles. The first kappa shape index (κ1) is 14.9. The van der Waals surface area contributed by atoms with E-state index in [0.29, 0.717) is 0 Å². The second-order valence-electron chi connectivity index (χ2n) is 2.42. The Kier molecular flexibility index (Phi) is 9.08. The molecule has 0 aromatic heterocycles. The fraction of sp³-hybridized carbons (Fsp3) is 0. The number of thioether (sulfide) groups is 1. The van der Waals surface area contributed by atoms with Gasteiger partial charge in [-0.05, 0) is 0 Å². The molecule has 0 atom stereocenters. The minimum absolute atomic E-state index is 0. The quantitative estimate of drug-likeness (QED) is 0.232. The monoisotopic (exact) mass is 415 g/mol. The number of nitriles is 1. The normalized spacial score (nSPS) is 8.00. The van der Waals surface area contributed by atoms with Gasteiger partial charge >= 0.3 is 0 Å². The van der Waals surface area contributed by atoms with Crippen LogP contribution in [0.5, 0.6) is 0 Å². The molecule has 0 N–H and O–H groups in total. The maximum absolute atomic E-state index is 8.15. The van der Waals surface area contributed by atoms with E-state index in [2.05, 4.69) is 34.7 Å². The van der Waals surface area contributed by atoms with Gasteiger partial charge in [0.05, 0.1) is 0 Å². The first-order valence-electron chi connectivity index (χ1n) is 3.98. The molecule has 0 aliphatic rings. The van der Waals surface area contributed by atoms with E-state index >= 15 is 0 Å². The Morgan fingerprint density at radius 3 is 2.07 bits per heavy atom. The summed E-state index contributed by atoms with van der Waals surface area (Å²) in [5.74, 6) is 0. The first-order chi connectivity index (χ1) is 6.83. The number of halogens is 1. The number of thiocyanates is 1. The van der Waals surface area contributed by atoms with E-state index in [1.54, 1.807) is 0 Å². The largest absolute Gasteiger partial charge is 0.747 e. The summed E-state index contributed by atoms with van der Waals surface area (Å²) >= 11 is 3.46. The zero-order chi connectivity index (χ0) is 10.2. The van der Waals surface area contributed by atoms with Gasteiger partial charge in [-0.3, -0.25) is 0 Å². The molecule has 2 rings (SSSR count). The van der Waals surface area contributed by atoms with Crippen molar-refractivity contribution in [2.24, 2.45) is 0 Å². The molecule has 0 amide bonds. The molecule has 1 nitrogen and oxygen atoms in total. The Morgan fingerprint density at radius 1 is 1.20 bits per heavy atom. The van der Waals surface area contributed by atoms with Crippen molar-refractivity contribution in [1.82, 2.24) is 0 Å². The molecule has 0 radical (unpaired) electrons. The second kappa shape index (κ2) is 9.14. The summed E-state index contributed by atoms with van der Waals surface area (Å²) in [6.45, 7) is 0. The van der Waals surface area contributed by atoms with Crippen LogP contribution >= 0.6 is 34.4 Å². The Morgan fingerprint density at radius 2 is 1.73 bits per heavy atom. The molecule has 84 valence electrons. The number of hydrogen-bond acceptors (Lipinski definition) is 2. The van der Waals surface area contributed by atoms with Gasteiger partial charge in [0.15, 0.2) is 0 Å². The molecule has 0 aliphatic carbocycles. The smallest absolute Gasteiger partial charge is 0.125 e. The van der Waals surface area contributed by atoms with Crippen molar-refractivity contribution in [3.63, 3.8) is 0 Å². The van der Waals surface area contributed by atoms with Crippen LogP contribution in [0, 0.1) is 14.2 Å². The summed E-state index contributed by atoms with van der Waals surface area (Å²) in [7, 11) is 0. The Bertz CT molecular complexity index is 375. The predicted octanol–water partition coefficient (Wildman–Crippen LogP) is 3.99. The van der Waals surface area contributed by atoms with Crippen molar-refractivity contribution in [3.05, 3.63) is 52.1 Å². The molecular weight excluding hydrogens is 406 g/mol. The van der Waals surface area contributed by atoms with Crippen LogP contribution in [-0.2, 0) is 19.5 Å². The van der Waals surface area contributed by atoms with Gasteiger partial charge in [-0.15, -0.1) is 0 Å². The van der Waals surface area contributed by atoms with Crippen molar-refractivity contribution in [3.8, 4) is 5.40 Å². The van der Waals surface area contributed by atoms with Gasteiger partial charge in [-0.25, -0.2) is 12.1 Å². The molecule has 0 saturated carbocycles. The van der Waals surface area contributed by atoms with Gasteiger partial charge in [-0.2, -0.15) is 17.4 Å². The average Bonchev–Trinajstić information content (AvgIpc) is 2.79. The molecular formula is C11H8INRuS-6. The van der Waals surface area contributed by atoms with Crippen LogP contribution in [-0.4, -0.2) is 0 Å². The third kappa shape index (κ3) is 6.89. The average molecular weight is 414 g/mol. The molecule has 0 unspecified atom stereocenters. The zero-order valence-electron chi connectivity index (χ0n) is 7.71. The van der Waals surface area contributed by atoms with Crippen LogP contribution in [0.4, 0.5) is 0 Å². The summed E-state index contributed by atoms with van der Waals surface area (Å²) in [6, 6.07) is 15.9. The topological polar surface area (TPSA) is 23.8 Å². The van der Waals surface area contributed by atoms with Crippen molar-refractivity contribution in [2.75, 3.05) is 0 Å². The van der Waals surface area contributed by atoms with Crippen LogP contribution in [0.25, 0.3) is 0 Å². The summed E-state index contributed by atoms with van der Waals surface area (Å²) in [5, 5.41) is 10.1. The van der Waals surface area contributed by atoms with Crippen LogP contribution < -0.4 is 0 Å². The molecule has 0 saturated heterocycles. The summed E-state index contributed by atoms with van der Waals surface area (Å²) in [4.78, 5) is 1.02. The van der Waals surface area contributed by atoms with E-state index in [9.17, 15) is 0 Å². The molecule has 2 aromatic rings. The van der Waals surface area contributed by atoms with Crippen molar-refractivity contribution in [2.45, 2.75) is 4.90 Å². The van der Waals surface area contributed by atoms with Gasteiger partial charge in [0.1, 0.15) is 5.40 Å². The van der Waals surface area contributed by atoms with E-state index in [-0.39, 0.29) is 19.5 Å². The maximum Gasteiger partial charge on any atom is 0.125 e. The summed E-state index contributed by atoms with van der Waals surface area (Å²) < 4.78 is 1.31. The molecule has 2 aromatic carbocycles. The molecule has 0 bridgehead atoms. The van der Waals surface area contributed by atoms with E-state index < -0.39 is 0 Å². The summed E-state index contributed by atoms with van der Waals surface area (Å²) in [5.41, 5.74) is 0. The van der Waals surface area contributed by atoms with Crippen molar-refractivity contribution >= 4 is 34.4 Å². The zero-order valence-corrected chi connectivity index (χ0v) is 12.4. The first-order valence-corrected chi connectivity index (χ1v) is 5.87. The molecule has 0 heterocycles. The third-order valence-corrected chi connectivity index (χ3v) is 2.74. The van der Waals surface area contributed by atoms with Gasteiger partial charge in [0, 0.05) is 19.5 Å². The Labute approximate surface area is 120 Å². The Balaban J connectivity index is 0.000000253.